The lowest BCUT2D eigenvalue weighted by Gasteiger charge is -2.41. The van der Waals surface area contributed by atoms with Crippen molar-refractivity contribution < 1.29 is 95.3 Å². The van der Waals surface area contributed by atoms with Crippen LogP contribution in [0.25, 0.3) is 0 Å². The molecule has 0 amide bonds. The summed E-state index contributed by atoms with van der Waals surface area (Å²) in [5, 5.41) is 147. The Morgan fingerprint density at radius 2 is 0.827 bits per heavy atom. The molecule has 3 saturated heterocycles. The second kappa shape index (κ2) is 16.6. The number of hydrogen-bond acceptors (Lipinski definition) is 22. The van der Waals surface area contributed by atoms with Gasteiger partial charge in [0.15, 0.2) is 5.78 Å². The number of ketones is 2. The highest BCUT2D eigenvalue weighted by Crippen LogP contribution is 2.55. The Morgan fingerprint density at radius 3 is 1.15 bits per heavy atom. The number of rotatable bonds is 10. The zero-order chi connectivity index (χ0) is 38.5. The maximum absolute atomic E-state index is 14.2. The first-order chi connectivity index (χ1) is 24.5. The Hall–Kier alpha value is -1.65. The van der Waals surface area contributed by atoms with E-state index in [1.807, 2.05) is 0 Å². The van der Waals surface area contributed by atoms with Gasteiger partial charge in [0.05, 0.1) is 45.6 Å². The number of phenols is 2. The second-order valence-electron chi connectivity index (χ2n) is 12.4. The number of aliphatic hydroxyl groups excluding tert-OH is 12. The number of allylic oxidation sites excluding steroid dienone is 2. The predicted molar refractivity (Wildman–Crippen MR) is 176 cm³/mol. The topological polar surface area (TPSA) is 345 Å². The second-order valence-corrected chi connectivity index (χ2v) is 15.7. The number of Topliss-reactive ketones (excluding diaryl/α,β-unsaturated/α-hetero) is 2. The summed E-state index contributed by atoms with van der Waals surface area (Å²) in [5.41, 5.74) is -6.58. The van der Waals surface area contributed by atoms with Crippen molar-refractivity contribution in [1.82, 2.24) is 0 Å². The first kappa shape index (κ1) is 41.5. The van der Waals surface area contributed by atoms with Gasteiger partial charge in [-0.25, -0.2) is 0 Å². The van der Waals surface area contributed by atoms with Gasteiger partial charge in [-0.2, -0.15) is 0 Å². The molecule has 0 unspecified atom stereocenters. The summed E-state index contributed by atoms with van der Waals surface area (Å²) < 4.78 is 16.6. The molecule has 3 heterocycles. The largest absolute Gasteiger partial charge is 0.506 e. The van der Waals surface area contributed by atoms with E-state index in [2.05, 4.69) is 0 Å². The van der Waals surface area contributed by atoms with Gasteiger partial charge in [0.25, 0.3) is 0 Å². The maximum Gasteiger partial charge on any atom is 0.204 e. The Balaban J connectivity index is 1.64. The van der Waals surface area contributed by atoms with E-state index in [0.717, 1.165) is 0 Å². The van der Waals surface area contributed by atoms with Crippen molar-refractivity contribution in [2.75, 3.05) is 19.8 Å². The Morgan fingerprint density at radius 1 is 0.500 bits per heavy atom. The van der Waals surface area contributed by atoms with E-state index in [1.165, 1.54) is 6.92 Å². The molecule has 52 heavy (non-hydrogen) atoms. The third kappa shape index (κ3) is 7.24. The zero-order valence-corrected chi connectivity index (χ0v) is 29.5. The zero-order valence-electron chi connectivity index (χ0n) is 27.0. The van der Waals surface area contributed by atoms with E-state index in [9.17, 15) is 81.1 Å². The van der Waals surface area contributed by atoms with Crippen LogP contribution >= 0.6 is 35.3 Å². The van der Waals surface area contributed by atoms with E-state index in [4.69, 9.17) is 14.2 Å². The van der Waals surface area contributed by atoms with Crippen LogP contribution in [0.5, 0.6) is 11.5 Å². The first-order valence-corrected chi connectivity index (χ1v) is 18.5. The van der Waals surface area contributed by atoms with Crippen molar-refractivity contribution in [2.45, 2.75) is 113 Å². The van der Waals surface area contributed by atoms with E-state index in [1.54, 1.807) is 0 Å². The molecule has 292 valence electrons. The summed E-state index contributed by atoms with van der Waals surface area (Å²) in [4.78, 5) is 26.9. The smallest absolute Gasteiger partial charge is 0.204 e. The van der Waals surface area contributed by atoms with Crippen molar-refractivity contribution in [2.24, 2.45) is 0 Å². The molecule has 3 aliphatic heterocycles. The highest BCUT2D eigenvalue weighted by Gasteiger charge is 2.50. The van der Waals surface area contributed by atoms with Crippen LogP contribution in [-0.4, -0.2) is 192 Å². The summed E-state index contributed by atoms with van der Waals surface area (Å²) >= 11 is 1.19. The molecule has 0 aromatic heterocycles. The molecule has 5 rings (SSSR count). The Kier molecular flexibility index (Phi) is 13.3. The van der Waals surface area contributed by atoms with Crippen molar-refractivity contribution >= 4 is 46.9 Å². The minimum Gasteiger partial charge on any atom is -0.506 e. The van der Waals surface area contributed by atoms with E-state index < -0.39 is 158 Å². The lowest BCUT2D eigenvalue weighted by molar-refractivity contribution is -0.205. The normalized spacial score (nSPS) is 39.9. The monoisotopic (exact) mass is 800 g/mol. The number of hydrogen-bond donors (Lipinski definition) is 14. The van der Waals surface area contributed by atoms with Crippen LogP contribution < -0.4 is 0 Å². The average molecular weight is 801 g/mol. The lowest BCUT2D eigenvalue weighted by Crippen LogP contribution is -2.57. The molecule has 22 heteroatoms. The fraction of sp³-hybridized carbons (Fsp3) is 0.667. The summed E-state index contributed by atoms with van der Waals surface area (Å²) in [6.45, 7) is -0.989. The number of carbonyl (C=O) groups is 2. The quantitative estimate of drug-likeness (QED) is 0.0991. The number of ether oxygens (including phenoxy) is 3. The number of phenolic OH excluding ortho intramolecular Hbond substituents is 2. The number of benzene rings is 1. The van der Waals surface area contributed by atoms with Gasteiger partial charge in [0.1, 0.15) is 101 Å². The molecule has 19 nitrogen and oxygen atoms in total. The van der Waals surface area contributed by atoms with E-state index in [0.29, 0.717) is 35.3 Å². The van der Waals surface area contributed by atoms with Gasteiger partial charge in [0.2, 0.25) is 5.78 Å². The highest BCUT2D eigenvalue weighted by molar-refractivity contribution is 8.04. The van der Waals surface area contributed by atoms with Crippen LogP contribution in [0.1, 0.15) is 34.1 Å². The van der Waals surface area contributed by atoms with Crippen LogP contribution in [-0.2, 0) is 14.2 Å². The minimum atomic E-state index is -1.92. The van der Waals surface area contributed by atoms with Gasteiger partial charge >= 0.3 is 0 Å². The molecule has 0 bridgehead atoms. The number of aliphatic hydroxyl groups is 12. The number of fused-ring (bicyclic) bond motifs is 1. The van der Waals surface area contributed by atoms with E-state index >= 15 is 0 Å². The van der Waals surface area contributed by atoms with E-state index in [-0.39, 0.29) is 12.0 Å². The molecular weight excluding hydrogens is 761 g/mol. The standard InChI is InChI=1S/C30H40O19S3/c1-2-6-12(34)10-11(16(38)25(6)50-28-22(44)19(41)13(35)7(3-31)47-28)18(40)27(52-30-24(46)21(43)15(37)9(5-33)49-30)26(17(10)39)51-29-23(45)20(42)14(36)8(4-32)48-29/h7-9,13-15,19-24,28-33,35-37,39-46H,2-5H2,1H3/t7-,8-,9-,13-,14-,15-,19+,20+,21+,22-,23-,24-,28+,29+,30+/m1/s1. The summed E-state index contributed by atoms with van der Waals surface area (Å²) in [7, 11) is 0. The SMILES string of the molecule is CCC1=C(S[C@@H]2O[C@H](CO)[C@@H](O)[C@H](O)[C@H]2O)C(=O)c2c(O)c(S[C@@H]3O[C@H](CO)[C@@H](O)[C@H](O)[C@H]3O)c(S[C@@H]3O[C@H](CO)[C@@H](O)[C@H](O)[C@H]3O)c(O)c2C1=O. The van der Waals surface area contributed by atoms with Gasteiger partial charge in [-0.3, -0.25) is 9.59 Å². The van der Waals surface area contributed by atoms with Crippen molar-refractivity contribution in [1.29, 1.82) is 0 Å². The number of thioether (sulfide) groups is 3. The molecule has 0 spiro atoms. The predicted octanol–water partition coefficient (Wildman–Crippen LogP) is -4.54. The summed E-state index contributed by atoms with van der Waals surface area (Å²) in [6, 6.07) is 0. The summed E-state index contributed by atoms with van der Waals surface area (Å²) in [6.07, 6.45) is -21.0. The van der Waals surface area contributed by atoms with Crippen LogP contribution in [0.2, 0.25) is 0 Å². The Labute approximate surface area is 307 Å². The molecule has 0 saturated carbocycles. The van der Waals surface area contributed by atoms with Gasteiger partial charge in [-0.1, -0.05) is 42.2 Å². The van der Waals surface area contributed by atoms with Crippen molar-refractivity contribution in [3.63, 3.8) is 0 Å². The van der Waals surface area contributed by atoms with Gasteiger partial charge in [-0.05, 0) is 6.42 Å². The number of aromatic hydroxyl groups is 2. The van der Waals surface area contributed by atoms with Crippen molar-refractivity contribution in [3.8, 4) is 11.5 Å². The Bertz CT molecular complexity index is 1540. The van der Waals surface area contributed by atoms with Crippen LogP contribution in [0.3, 0.4) is 0 Å². The minimum absolute atomic E-state index is 0.166. The summed E-state index contributed by atoms with van der Waals surface area (Å²) in [5.74, 6) is -4.08. The van der Waals surface area contributed by atoms with Crippen molar-refractivity contribution in [3.05, 3.63) is 21.6 Å². The fourth-order valence-electron chi connectivity index (χ4n) is 6.13. The van der Waals surface area contributed by atoms with Gasteiger partial charge in [-0.15, -0.1) is 0 Å². The molecule has 4 aliphatic rings. The highest BCUT2D eigenvalue weighted by atomic mass is 32.2. The lowest BCUT2D eigenvalue weighted by atomic mass is 9.86. The third-order valence-electron chi connectivity index (χ3n) is 9.17. The molecular formula is C30H40O19S3. The van der Waals surface area contributed by atoms with Crippen LogP contribution in [0, 0.1) is 0 Å². The fourth-order valence-corrected chi connectivity index (χ4v) is 10.0. The molecule has 3 fully saturated rings. The maximum atomic E-state index is 14.2. The average Bonchev–Trinajstić information content (AvgIpc) is 3.13. The van der Waals surface area contributed by atoms with Gasteiger partial charge < -0.3 is 85.7 Å². The third-order valence-corrected chi connectivity index (χ3v) is 13.1. The molecule has 0 radical (unpaired) electrons. The molecule has 1 aromatic rings. The molecule has 14 N–H and O–H groups in total. The van der Waals surface area contributed by atoms with Crippen LogP contribution in [0.4, 0.5) is 0 Å². The molecule has 1 aliphatic carbocycles. The molecule has 1 aromatic carbocycles. The number of carbonyl (C=O) groups excluding carboxylic acids is 2. The van der Waals surface area contributed by atoms with Gasteiger partial charge in [0, 0.05) is 5.57 Å². The first-order valence-electron chi connectivity index (χ1n) is 15.9. The van der Waals surface area contributed by atoms with Crippen LogP contribution in [0.15, 0.2) is 20.3 Å². The molecule has 15 atom stereocenters.